The van der Waals surface area contributed by atoms with Crippen LogP contribution in [0.4, 0.5) is 4.39 Å². The molecule has 2 heterocycles. The van der Waals surface area contributed by atoms with Gasteiger partial charge in [-0.15, -0.1) is 0 Å². The van der Waals surface area contributed by atoms with Gasteiger partial charge in [0, 0.05) is 32.6 Å². The first-order chi connectivity index (χ1) is 15.0. The summed E-state index contributed by atoms with van der Waals surface area (Å²) in [6.07, 6.45) is 1.42. The van der Waals surface area contributed by atoms with Crippen molar-refractivity contribution in [3.63, 3.8) is 0 Å². The van der Waals surface area contributed by atoms with E-state index in [-0.39, 0.29) is 23.3 Å². The number of carbonyl (C=O) groups is 1. The van der Waals surface area contributed by atoms with Crippen molar-refractivity contribution in [2.24, 2.45) is 0 Å². The fourth-order valence-electron chi connectivity index (χ4n) is 4.16. The van der Waals surface area contributed by atoms with Crippen LogP contribution in [-0.2, 0) is 4.79 Å². The van der Waals surface area contributed by atoms with Crippen LogP contribution in [0, 0.1) is 5.82 Å². The Hall–Kier alpha value is -3.06. The zero-order valence-electron chi connectivity index (χ0n) is 17.9. The van der Waals surface area contributed by atoms with E-state index < -0.39 is 0 Å². The van der Waals surface area contributed by atoms with Crippen molar-refractivity contribution in [2.45, 2.75) is 32.7 Å². The van der Waals surface area contributed by atoms with Gasteiger partial charge in [-0.1, -0.05) is 19.1 Å². The molecule has 31 heavy (non-hydrogen) atoms. The van der Waals surface area contributed by atoms with E-state index in [0.29, 0.717) is 55.0 Å². The Morgan fingerprint density at radius 2 is 1.74 bits per heavy atom. The van der Waals surface area contributed by atoms with Crippen molar-refractivity contribution in [1.82, 2.24) is 19.4 Å². The normalized spacial score (nSPS) is 15.9. The van der Waals surface area contributed by atoms with Gasteiger partial charge in [-0.2, -0.15) is 0 Å². The Bertz CT molecular complexity index is 1130. The fourth-order valence-corrected chi connectivity index (χ4v) is 4.16. The Kier molecular flexibility index (Phi) is 6.13. The monoisotopic (exact) mass is 422 g/mol. The summed E-state index contributed by atoms with van der Waals surface area (Å²) in [5.74, 6) is 0.457. The first-order valence-corrected chi connectivity index (χ1v) is 10.8. The first kappa shape index (κ1) is 21.2. The summed E-state index contributed by atoms with van der Waals surface area (Å²) in [6.45, 7) is 6.79. The molecule has 1 amide bonds. The van der Waals surface area contributed by atoms with Crippen molar-refractivity contribution in [2.75, 3.05) is 26.2 Å². The largest absolute Gasteiger partial charge is 0.340 e. The third-order valence-electron chi connectivity index (χ3n) is 5.94. The third-order valence-corrected chi connectivity index (χ3v) is 5.94. The number of rotatable bonds is 5. The summed E-state index contributed by atoms with van der Waals surface area (Å²) in [6, 6.07) is 13.0. The smallest absolute Gasteiger partial charge is 0.266 e. The van der Waals surface area contributed by atoms with Gasteiger partial charge >= 0.3 is 0 Å². The standard InChI is InChI=1S/C24H27FN4O2/c1-3-6-22(30)28-15-13-27(14-16-28)17(2)23-26-21-8-5-4-7-20(21)24(31)29(23)19-11-9-18(25)10-12-19/h4-5,7-12,17H,3,6,13-16H2,1-2H3. The molecule has 1 fully saturated rings. The van der Waals surface area contributed by atoms with Crippen molar-refractivity contribution < 1.29 is 9.18 Å². The SMILES string of the molecule is CCCC(=O)N1CCN(C(C)c2nc3ccccc3c(=O)n2-c2ccc(F)cc2)CC1. The average Bonchev–Trinajstić information content (AvgIpc) is 2.79. The van der Waals surface area contributed by atoms with Crippen molar-refractivity contribution >= 4 is 16.8 Å². The molecule has 1 atom stereocenters. The number of hydrogen-bond acceptors (Lipinski definition) is 4. The van der Waals surface area contributed by atoms with Gasteiger partial charge in [0.1, 0.15) is 11.6 Å². The van der Waals surface area contributed by atoms with E-state index in [2.05, 4.69) is 4.90 Å². The van der Waals surface area contributed by atoms with Crippen LogP contribution in [0.2, 0.25) is 0 Å². The molecule has 1 aliphatic heterocycles. The summed E-state index contributed by atoms with van der Waals surface area (Å²) in [5.41, 5.74) is 1.06. The van der Waals surface area contributed by atoms with Gasteiger partial charge in [0.15, 0.2) is 0 Å². The quantitative estimate of drug-likeness (QED) is 0.631. The molecule has 6 nitrogen and oxygen atoms in total. The molecule has 1 aliphatic rings. The van der Waals surface area contributed by atoms with E-state index in [1.165, 1.54) is 12.1 Å². The van der Waals surface area contributed by atoms with Gasteiger partial charge in [-0.05, 0) is 49.7 Å². The second-order valence-corrected chi connectivity index (χ2v) is 7.95. The molecule has 4 rings (SSSR count). The van der Waals surface area contributed by atoms with Crippen LogP contribution in [0.3, 0.4) is 0 Å². The average molecular weight is 423 g/mol. The number of para-hydroxylation sites is 1. The molecule has 162 valence electrons. The maximum absolute atomic E-state index is 13.5. The van der Waals surface area contributed by atoms with Crippen molar-refractivity contribution in [3.05, 3.63) is 70.5 Å². The van der Waals surface area contributed by atoms with Gasteiger partial charge in [-0.3, -0.25) is 19.1 Å². The number of fused-ring (bicyclic) bond motifs is 1. The summed E-state index contributed by atoms with van der Waals surface area (Å²) in [4.78, 5) is 34.6. The number of hydrogen-bond donors (Lipinski definition) is 0. The summed E-state index contributed by atoms with van der Waals surface area (Å²) in [5, 5.41) is 0.526. The van der Waals surface area contributed by atoms with E-state index in [0.717, 1.165) is 6.42 Å². The summed E-state index contributed by atoms with van der Waals surface area (Å²) < 4.78 is 15.1. The molecule has 0 N–H and O–H groups in total. The van der Waals surface area contributed by atoms with Gasteiger partial charge < -0.3 is 4.90 Å². The number of halogens is 1. The van der Waals surface area contributed by atoms with Crippen LogP contribution in [0.25, 0.3) is 16.6 Å². The maximum atomic E-state index is 13.5. The number of benzene rings is 2. The highest BCUT2D eigenvalue weighted by Gasteiger charge is 2.27. The molecule has 0 spiro atoms. The highest BCUT2D eigenvalue weighted by Crippen LogP contribution is 2.24. The van der Waals surface area contributed by atoms with Gasteiger partial charge in [0.25, 0.3) is 5.56 Å². The Balaban J connectivity index is 1.71. The van der Waals surface area contributed by atoms with E-state index in [1.54, 1.807) is 22.8 Å². The van der Waals surface area contributed by atoms with Crippen LogP contribution in [-0.4, -0.2) is 51.4 Å². The summed E-state index contributed by atoms with van der Waals surface area (Å²) in [7, 11) is 0. The van der Waals surface area contributed by atoms with E-state index in [4.69, 9.17) is 4.98 Å². The van der Waals surface area contributed by atoms with Crippen LogP contribution < -0.4 is 5.56 Å². The molecule has 0 saturated carbocycles. The number of nitrogens with zero attached hydrogens (tertiary/aromatic N) is 4. The van der Waals surface area contributed by atoms with Crippen LogP contribution in [0.1, 0.15) is 38.6 Å². The topological polar surface area (TPSA) is 58.4 Å². The highest BCUT2D eigenvalue weighted by atomic mass is 19.1. The second-order valence-electron chi connectivity index (χ2n) is 7.95. The lowest BCUT2D eigenvalue weighted by Crippen LogP contribution is -2.49. The van der Waals surface area contributed by atoms with Gasteiger partial charge in [0.05, 0.1) is 22.6 Å². The predicted molar refractivity (Wildman–Crippen MR) is 119 cm³/mol. The Morgan fingerprint density at radius 3 is 2.42 bits per heavy atom. The molecule has 1 saturated heterocycles. The van der Waals surface area contributed by atoms with Gasteiger partial charge in [0.2, 0.25) is 5.91 Å². The predicted octanol–water partition coefficient (Wildman–Crippen LogP) is 3.53. The summed E-state index contributed by atoms with van der Waals surface area (Å²) >= 11 is 0. The van der Waals surface area contributed by atoms with E-state index in [1.807, 2.05) is 36.9 Å². The van der Waals surface area contributed by atoms with Crippen molar-refractivity contribution in [1.29, 1.82) is 0 Å². The minimum Gasteiger partial charge on any atom is -0.340 e. The molecule has 0 bridgehead atoms. The zero-order valence-corrected chi connectivity index (χ0v) is 17.9. The Labute approximate surface area is 180 Å². The molecule has 3 aromatic rings. The molecular weight excluding hydrogens is 395 g/mol. The van der Waals surface area contributed by atoms with Crippen LogP contribution >= 0.6 is 0 Å². The minimum absolute atomic E-state index is 0.147. The molecule has 1 aromatic heterocycles. The maximum Gasteiger partial charge on any atom is 0.266 e. The number of aromatic nitrogens is 2. The number of carbonyl (C=O) groups excluding carboxylic acids is 1. The molecule has 1 unspecified atom stereocenters. The molecule has 7 heteroatoms. The second kappa shape index (κ2) is 8.98. The van der Waals surface area contributed by atoms with Gasteiger partial charge in [-0.25, -0.2) is 9.37 Å². The first-order valence-electron chi connectivity index (χ1n) is 10.8. The lowest BCUT2D eigenvalue weighted by atomic mass is 10.1. The zero-order chi connectivity index (χ0) is 22.0. The lowest BCUT2D eigenvalue weighted by Gasteiger charge is -2.38. The molecular formula is C24H27FN4O2. The lowest BCUT2D eigenvalue weighted by molar-refractivity contribution is -0.133. The molecule has 0 radical (unpaired) electrons. The van der Waals surface area contributed by atoms with E-state index in [9.17, 15) is 14.0 Å². The van der Waals surface area contributed by atoms with E-state index >= 15 is 0 Å². The number of amides is 1. The fraction of sp³-hybridized carbons (Fsp3) is 0.375. The number of piperazine rings is 1. The van der Waals surface area contributed by atoms with Crippen molar-refractivity contribution in [3.8, 4) is 5.69 Å². The highest BCUT2D eigenvalue weighted by molar-refractivity contribution is 5.78. The van der Waals surface area contributed by atoms with Crippen LogP contribution in [0.15, 0.2) is 53.3 Å². The molecule has 0 aliphatic carbocycles. The third kappa shape index (κ3) is 4.23. The van der Waals surface area contributed by atoms with Crippen LogP contribution in [0.5, 0.6) is 0 Å². The molecule has 2 aromatic carbocycles. The minimum atomic E-state index is -0.354. The Morgan fingerprint density at radius 1 is 1.06 bits per heavy atom.